The van der Waals surface area contributed by atoms with Gasteiger partial charge in [-0.25, -0.2) is 0 Å². The molecule has 0 aliphatic carbocycles. The molecule has 2 N–H and O–H groups in total. The highest BCUT2D eigenvalue weighted by atomic mass is 16.5. The van der Waals surface area contributed by atoms with Gasteiger partial charge >= 0.3 is 0 Å². The number of nitrogens with two attached hydrogens (primary N) is 1. The van der Waals surface area contributed by atoms with E-state index in [1.807, 2.05) is 24.3 Å². The Bertz CT molecular complexity index is 451. The van der Waals surface area contributed by atoms with Gasteiger partial charge in [0, 0.05) is 18.7 Å². The molecule has 2 aromatic rings. The van der Waals surface area contributed by atoms with Crippen LogP contribution < -0.4 is 5.73 Å². The minimum Gasteiger partial charge on any atom is -0.381 e. The van der Waals surface area contributed by atoms with Gasteiger partial charge in [-0.3, -0.25) is 0 Å². The lowest BCUT2D eigenvalue weighted by molar-refractivity contribution is 0.185. The van der Waals surface area contributed by atoms with Crippen molar-refractivity contribution in [2.75, 3.05) is 12.8 Å². The Morgan fingerprint density at radius 1 is 1.40 bits per heavy atom. The zero-order chi connectivity index (χ0) is 10.7. The van der Waals surface area contributed by atoms with Gasteiger partial charge in [0.05, 0.1) is 6.61 Å². The molecule has 1 aromatic heterocycles. The monoisotopic (exact) mass is 204 g/mol. The van der Waals surface area contributed by atoms with Gasteiger partial charge in [-0.2, -0.15) is 0 Å². The number of aromatic nitrogens is 1. The second-order valence-corrected chi connectivity index (χ2v) is 3.21. The summed E-state index contributed by atoms with van der Waals surface area (Å²) in [6.07, 6.45) is 0. The van der Waals surface area contributed by atoms with Gasteiger partial charge in [0.1, 0.15) is 0 Å². The molecule has 0 atom stereocenters. The molecule has 0 fully saturated rings. The number of anilines is 1. The van der Waals surface area contributed by atoms with E-state index in [2.05, 4.69) is 5.16 Å². The van der Waals surface area contributed by atoms with E-state index in [0.717, 1.165) is 11.1 Å². The molecule has 0 aliphatic rings. The van der Waals surface area contributed by atoms with E-state index in [0.29, 0.717) is 18.2 Å². The highest BCUT2D eigenvalue weighted by molar-refractivity contribution is 5.63. The molecule has 4 heteroatoms. The van der Waals surface area contributed by atoms with Gasteiger partial charge < -0.3 is 15.0 Å². The predicted octanol–water partition coefficient (Wildman–Crippen LogP) is 2.07. The van der Waals surface area contributed by atoms with Crippen molar-refractivity contribution < 1.29 is 9.26 Å². The first-order valence-electron chi connectivity index (χ1n) is 4.60. The second-order valence-electron chi connectivity index (χ2n) is 3.21. The van der Waals surface area contributed by atoms with E-state index in [4.69, 9.17) is 15.0 Å². The Morgan fingerprint density at radius 2 is 2.20 bits per heavy atom. The molecular formula is C11H12N2O2. The van der Waals surface area contributed by atoms with Crippen LogP contribution in [0.25, 0.3) is 11.3 Å². The number of hydrogen-bond donors (Lipinski definition) is 1. The number of nitrogens with zero attached hydrogens (tertiary/aromatic N) is 1. The van der Waals surface area contributed by atoms with Gasteiger partial charge in [0.15, 0.2) is 11.6 Å². The Balaban J connectivity index is 2.42. The summed E-state index contributed by atoms with van der Waals surface area (Å²) < 4.78 is 10.2. The summed E-state index contributed by atoms with van der Waals surface area (Å²) in [5.41, 5.74) is 7.52. The summed E-state index contributed by atoms with van der Waals surface area (Å²) in [7, 11) is 1.66. The molecule has 0 spiro atoms. The summed E-state index contributed by atoms with van der Waals surface area (Å²) in [6, 6.07) is 9.53. The van der Waals surface area contributed by atoms with Crippen LogP contribution in [0.3, 0.4) is 0 Å². The minimum absolute atomic E-state index is 0.386. The molecule has 0 bridgehead atoms. The van der Waals surface area contributed by atoms with Gasteiger partial charge in [-0.05, 0) is 5.56 Å². The molecule has 0 saturated carbocycles. The van der Waals surface area contributed by atoms with Crippen LogP contribution in [0, 0.1) is 0 Å². The van der Waals surface area contributed by atoms with Crippen LogP contribution in [0.2, 0.25) is 0 Å². The van der Waals surface area contributed by atoms with Crippen molar-refractivity contribution in [2.24, 2.45) is 0 Å². The minimum atomic E-state index is 0.386. The lowest BCUT2D eigenvalue weighted by atomic mass is 10.1. The SMILES string of the molecule is COCc1ccccc1-c1cc(N)no1. The van der Waals surface area contributed by atoms with Crippen LogP contribution in [0.15, 0.2) is 34.9 Å². The van der Waals surface area contributed by atoms with Crippen molar-refractivity contribution in [3.05, 3.63) is 35.9 Å². The van der Waals surface area contributed by atoms with E-state index >= 15 is 0 Å². The molecule has 0 saturated heterocycles. The maximum atomic E-state index is 5.50. The molecule has 1 heterocycles. The van der Waals surface area contributed by atoms with E-state index in [-0.39, 0.29) is 0 Å². The molecule has 0 unspecified atom stereocenters. The molecule has 0 radical (unpaired) electrons. The molecular weight excluding hydrogens is 192 g/mol. The zero-order valence-electron chi connectivity index (χ0n) is 8.43. The van der Waals surface area contributed by atoms with Crippen LogP contribution in [-0.2, 0) is 11.3 Å². The molecule has 0 aliphatic heterocycles. The standard InChI is InChI=1S/C11H12N2O2/c1-14-7-8-4-2-3-5-9(8)10-6-11(12)13-15-10/h2-6H,7H2,1H3,(H2,12,13). The Morgan fingerprint density at radius 3 is 2.87 bits per heavy atom. The zero-order valence-corrected chi connectivity index (χ0v) is 8.43. The van der Waals surface area contributed by atoms with Crippen molar-refractivity contribution in [2.45, 2.75) is 6.61 Å². The van der Waals surface area contributed by atoms with Crippen LogP contribution in [0.4, 0.5) is 5.82 Å². The number of ether oxygens (including phenoxy) is 1. The summed E-state index contributed by atoms with van der Waals surface area (Å²) in [5, 5.41) is 3.66. The number of methoxy groups -OCH3 is 1. The molecule has 15 heavy (non-hydrogen) atoms. The van der Waals surface area contributed by atoms with Crippen molar-refractivity contribution in [3.63, 3.8) is 0 Å². The van der Waals surface area contributed by atoms with Gasteiger partial charge in [0.2, 0.25) is 0 Å². The van der Waals surface area contributed by atoms with Crippen molar-refractivity contribution >= 4 is 5.82 Å². The molecule has 1 aromatic carbocycles. The van der Waals surface area contributed by atoms with Crippen LogP contribution in [-0.4, -0.2) is 12.3 Å². The molecule has 0 amide bonds. The fraction of sp³-hybridized carbons (Fsp3) is 0.182. The van der Waals surface area contributed by atoms with Gasteiger partial charge in [0.25, 0.3) is 0 Å². The van der Waals surface area contributed by atoms with E-state index in [1.165, 1.54) is 0 Å². The van der Waals surface area contributed by atoms with E-state index in [9.17, 15) is 0 Å². The molecule has 78 valence electrons. The topological polar surface area (TPSA) is 61.3 Å². The average molecular weight is 204 g/mol. The van der Waals surface area contributed by atoms with E-state index in [1.54, 1.807) is 13.2 Å². The van der Waals surface area contributed by atoms with Crippen molar-refractivity contribution in [1.82, 2.24) is 5.16 Å². The first-order valence-corrected chi connectivity index (χ1v) is 4.60. The third kappa shape index (κ3) is 1.99. The Hall–Kier alpha value is -1.81. The number of benzene rings is 1. The third-order valence-electron chi connectivity index (χ3n) is 2.11. The van der Waals surface area contributed by atoms with Crippen LogP contribution >= 0.6 is 0 Å². The quantitative estimate of drug-likeness (QED) is 0.831. The van der Waals surface area contributed by atoms with Crippen molar-refractivity contribution in [3.8, 4) is 11.3 Å². The third-order valence-corrected chi connectivity index (χ3v) is 2.11. The first kappa shape index (κ1) is 9.73. The second kappa shape index (κ2) is 4.14. The Labute approximate surface area is 87.6 Å². The highest BCUT2D eigenvalue weighted by Gasteiger charge is 2.08. The number of nitrogen functional groups attached to an aromatic ring is 1. The van der Waals surface area contributed by atoms with Gasteiger partial charge in [-0.15, -0.1) is 0 Å². The number of hydrogen-bond acceptors (Lipinski definition) is 4. The van der Waals surface area contributed by atoms with Crippen molar-refractivity contribution in [1.29, 1.82) is 0 Å². The normalized spacial score (nSPS) is 10.5. The summed E-state index contributed by atoms with van der Waals surface area (Å²) >= 11 is 0. The van der Waals surface area contributed by atoms with Gasteiger partial charge in [-0.1, -0.05) is 29.4 Å². The Kier molecular flexibility index (Phi) is 2.69. The predicted molar refractivity (Wildman–Crippen MR) is 57.1 cm³/mol. The van der Waals surface area contributed by atoms with E-state index < -0.39 is 0 Å². The fourth-order valence-electron chi connectivity index (χ4n) is 1.46. The summed E-state index contributed by atoms with van der Waals surface area (Å²) in [5.74, 6) is 1.05. The van der Waals surface area contributed by atoms with Crippen LogP contribution in [0.1, 0.15) is 5.56 Å². The summed E-state index contributed by atoms with van der Waals surface area (Å²) in [4.78, 5) is 0. The number of rotatable bonds is 3. The highest BCUT2D eigenvalue weighted by Crippen LogP contribution is 2.25. The smallest absolute Gasteiger partial charge is 0.169 e. The fourth-order valence-corrected chi connectivity index (χ4v) is 1.46. The largest absolute Gasteiger partial charge is 0.381 e. The summed E-state index contributed by atoms with van der Waals surface area (Å²) in [6.45, 7) is 0.538. The molecule has 2 rings (SSSR count). The maximum Gasteiger partial charge on any atom is 0.169 e. The lowest BCUT2D eigenvalue weighted by Gasteiger charge is -2.04. The average Bonchev–Trinajstić information content (AvgIpc) is 2.66. The lowest BCUT2D eigenvalue weighted by Crippen LogP contribution is -1.90. The maximum absolute atomic E-state index is 5.50. The molecule has 4 nitrogen and oxygen atoms in total. The van der Waals surface area contributed by atoms with Crippen LogP contribution in [0.5, 0.6) is 0 Å². The first-order chi connectivity index (χ1) is 7.31.